The molecule has 1 spiro atoms. The molecule has 0 aromatic rings. The van der Waals surface area contributed by atoms with Crippen molar-refractivity contribution in [1.82, 2.24) is 4.90 Å². The van der Waals surface area contributed by atoms with Crippen molar-refractivity contribution in [3.05, 3.63) is 12.2 Å². The number of hydrogen-bond acceptors (Lipinski definition) is 4. The third-order valence-electron chi connectivity index (χ3n) is 4.77. The molecule has 0 aliphatic carbocycles. The maximum absolute atomic E-state index is 12.7. The van der Waals surface area contributed by atoms with E-state index in [9.17, 15) is 9.59 Å². The largest absolute Gasteiger partial charge is 0.465 e. The van der Waals surface area contributed by atoms with Gasteiger partial charge in [0.1, 0.15) is 11.5 Å². The van der Waals surface area contributed by atoms with Crippen LogP contribution in [0, 0.1) is 11.8 Å². The Morgan fingerprint density at radius 2 is 2.33 bits per heavy atom. The summed E-state index contributed by atoms with van der Waals surface area (Å²) >= 11 is 0. The Morgan fingerprint density at radius 1 is 1.57 bits per heavy atom. The van der Waals surface area contributed by atoms with Crippen LogP contribution in [0.25, 0.3) is 0 Å². The zero-order valence-corrected chi connectivity index (χ0v) is 12.9. The van der Waals surface area contributed by atoms with Crippen molar-refractivity contribution < 1.29 is 19.1 Å². The summed E-state index contributed by atoms with van der Waals surface area (Å²) in [4.78, 5) is 26.8. The monoisotopic (exact) mass is 293 g/mol. The fourth-order valence-corrected chi connectivity index (χ4v) is 3.65. The van der Waals surface area contributed by atoms with Gasteiger partial charge in [0.05, 0.1) is 25.2 Å². The molecule has 2 saturated heterocycles. The first-order valence-electron chi connectivity index (χ1n) is 7.84. The molecule has 0 N–H and O–H groups in total. The molecule has 1 amide bonds. The molecule has 2 bridgehead atoms. The molecule has 0 saturated carbocycles. The van der Waals surface area contributed by atoms with Crippen LogP contribution in [-0.2, 0) is 19.1 Å². The Bertz CT molecular complexity index is 487. The number of rotatable bonds is 5. The predicted octanol–water partition coefficient (Wildman–Crippen LogP) is 1.52. The number of carbonyl (C=O) groups excluding carboxylic acids is 2. The third kappa shape index (κ3) is 2.09. The van der Waals surface area contributed by atoms with Gasteiger partial charge in [0.2, 0.25) is 5.91 Å². The molecule has 3 heterocycles. The molecule has 0 aromatic carbocycles. The SMILES string of the molecule is CCCCOC(=O)C1C2C=CC3(CN(C(C)C)C(=O)C13)O2. The van der Waals surface area contributed by atoms with Crippen LogP contribution in [0.2, 0.25) is 0 Å². The summed E-state index contributed by atoms with van der Waals surface area (Å²) < 4.78 is 11.3. The molecule has 5 heteroatoms. The van der Waals surface area contributed by atoms with Crippen LogP contribution in [0.4, 0.5) is 0 Å². The molecule has 0 aromatic heterocycles. The average molecular weight is 293 g/mol. The van der Waals surface area contributed by atoms with Gasteiger partial charge in [0.25, 0.3) is 0 Å². The molecule has 3 aliphatic heterocycles. The highest BCUT2D eigenvalue weighted by Gasteiger charge is 2.67. The minimum Gasteiger partial charge on any atom is -0.465 e. The lowest BCUT2D eigenvalue weighted by atomic mass is 9.77. The Balaban J connectivity index is 1.79. The lowest BCUT2D eigenvalue weighted by Gasteiger charge is -2.24. The van der Waals surface area contributed by atoms with E-state index >= 15 is 0 Å². The standard InChI is InChI=1S/C16H23NO4/c1-4-5-8-20-15(19)12-11-6-7-16(21-11)9-17(10(2)3)14(18)13(12)16/h6-7,10-13H,4-5,8-9H2,1-3H3. The number of nitrogens with zero attached hydrogens (tertiary/aromatic N) is 1. The first kappa shape index (κ1) is 14.6. The van der Waals surface area contributed by atoms with E-state index in [0.29, 0.717) is 13.2 Å². The van der Waals surface area contributed by atoms with Crippen LogP contribution in [0.15, 0.2) is 12.2 Å². The number of hydrogen-bond donors (Lipinski definition) is 0. The fourth-order valence-electron chi connectivity index (χ4n) is 3.65. The van der Waals surface area contributed by atoms with Crippen molar-refractivity contribution in [2.45, 2.75) is 51.4 Å². The highest BCUT2D eigenvalue weighted by Crippen LogP contribution is 2.52. The lowest BCUT2D eigenvalue weighted by molar-refractivity contribution is -0.154. The fraction of sp³-hybridized carbons (Fsp3) is 0.750. The van der Waals surface area contributed by atoms with Gasteiger partial charge >= 0.3 is 5.97 Å². The van der Waals surface area contributed by atoms with Crippen molar-refractivity contribution in [3.8, 4) is 0 Å². The van der Waals surface area contributed by atoms with Gasteiger partial charge in [-0.1, -0.05) is 25.5 Å². The molecule has 21 heavy (non-hydrogen) atoms. The molecule has 2 fully saturated rings. The number of unbranched alkanes of at least 4 members (excludes halogenated alkanes) is 1. The smallest absolute Gasteiger partial charge is 0.312 e. The summed E-state index contributed by atoms with van der Waals surface area (Å²) in [5.74, 6) is -1.16. The van der Waals surface area contributed by atoms with E-state index in [-0.39, 0.29) is 24.0 Å². The van der Waals surface area contributed by atoms with Gasteiger partial charge in [0.15, 0.2) is 0 Å². The zero-order valence-electron chi connectivity index (χ0n) is 12.9. The highest BCUT2D eigenvalue weighted by molar-refractivity contribution is 5.91. The third-order valence-corrected chi connectivity index (χ3v) is 4.77. The van der Waals surface area contributed by atoms with Gasteiger partial charge in [-0.2, -0.15) is 0 Å². The summed E-state index contributed by atoms with van der Waals surface area (Å²) in [5, 5.41) is 0. The maximum atomic E-state index is 12.7. The quantitative estimate of drug-likeness (QED) is 0.438. The summed E-state index contributed by atoms with van der Waals surface area (Å²) in [5.41, 5.74) is -0.611. The second-order valence-electron chi connectivity index (χ2n) is 6.48. The number of fused-ring (bicyclic) bond motifs is 1. The van der Waals surface area contributed by atoms with E-state index in [1.54, 1.807) is 0 Å². The van der Waals surface area contributed by atoms with E-state index in [2.05, 4.69) is 0 Å². The topological polar surface area (TPSA) is 55.8 Å². The number of esters is 1. The number of ether oxygens (including phenoxy) is 2. The number of carbonyl (C=O) groups is 2. The molecule has 4 atom stereocenters. The minimum absolute atomic E-state index is 0.0225. The molecular formula is C16H23NO4. The van der Waals surface area contributed by atoms with Crippen molar-refractivity contribution in [3.63, 3.8) is 0 Å². The van der Waals surface area contributed by atoms with Crippen molar-refractivity contribution in [2.75, 3.05) is 13.2 Å². The van der Waals surface area contributed by atoms with Gasteiger partial charge in [-0.3, -0.25) is 9.59 Å². The van der Waals surface area contributed by atoms with E-state index in [0.717, 1.165) is 12.8 Å². The molecule has 3 rings (SSSR count). The Morgan fingerprint density at radius 3 is 3.00 bits per heavy atom. The molecule has 5 nitrogen and oxygen atoms in total. The molecular weight excluding hydrogens is 270 g/mol. The van der Waals surface area contributed by atoms with Crippen molar-refractivity contribution >= 4 is 11.9 Å². The summed E-state index contributed by atoms with van der Waals surface area (Å²) in [6.45, 7) is 6.98. The Kier molecular flexibility index (Phi) is 3.56. The Hall–Kier alpha value is -1.36. The van der Waals surface area contributed by atoms with Crippen molar-refractivity contribution in [1.29, 1.82) is 0 Å². The van der Waals surface area contributed by atoms with E-state index < -0.39 is 17.4 Å². The highest BCUT2D eigenvalue weighted by atomic mass is 16.6. The van der Waals surface area contributed by atoms with Crippen molar-refractivity contribution in [2.24, 2.45) is 11.8 Å². The maximum Gasteiger partial charge on any atom is 0.312 e. The van der Waals surface area contributed by atoms with E-state index in [1.165, 1.54) is 0 Å². The normalized spacial score (nSPS) is 36.7. The van der Waals surface area contributed by atoms with Crippen LogP contribution < -0.4 is 0 Å². The first-order chi connectivity index (χ1) is 10.00. The average Bonchev–Trinajstić information content (AvgIpc) is 3.07. The van der Waals surface area contributed by atoms with Crippen LogP contribution >= 0.6 is 0 Å². The number of amides is 1. The van der Waals surface area contributed by atoms with E-state index in [4.69, 9.17) is 9.47 Å². The first-order valence-corrected chi connectivity index (χ1v) is 7.84. The van der Waals surface area contributed by atoms with E-state index in [1.807, 2.05) is 37.8 Å². The Labute approximate surface area is 125 Å². The molecule has 3 aliphatic rings. The van der Waals surface area contributed by atoms with Gasteiger partial charge in [-0.25, -0.2) is 0 Å². The summed E-state index contributed by atoms with van der Waals surface area (Å²) in [6, 6.07) is 0.116. The van der Waals surface area contributed by atoms with Crippen LogP contribution in [0.5, 0.6) is 0 Å². The summed E-state index contributed by atoms with van der Waals surface area (Å²) in [7, 11) is 0. The van der Waals surface area contributed by atoms with Crippen LogP contribution in [0.3, 0.4) is 0 Å². The summed E-state index contributed by atoms with van der Waals surface area (Å²) in [6.07, 6.45) is 5.41. The lowest BCUT2D eigenvalue weighted by Crippen LogP contribution is -2.40. The van der Waals surface area contributed by atoms with Gasteiger partial charge in [-0.15, -0.1) is 0 Å². The second kappa shape index (κ2) is 5.13. The van der Waals surface area contributed by atoms with Gasteiger partial charge in [0, 0.05) is 6.04 Å². The number of likely N-dealkylation sites (tertiary alicyclic amines) is 1. The molecule has 116 valence electrons. The van der Waals surface area contributed by atoms with Gasteiger partial charge in [-0.05, 0) is 20.3 Å². The van der Waals surface area contributed by atoms with Gasteiger partial charge < -0.3 is 14.4 Å². The minimum atomic E-state index is -0.611. The van der Waals surface area contributed by atoms with Crippen LogP contribution in [-0.4, -0.2) is 47.7 Å². The second-order valence-corrected chi connectivity index (χ2v) is 6.48. The predicted molar refractivity (Wildman–Crippen MR) is 76.4 cm³/mol. The zero-order chi connectivity index (χ0) is 15.2. The molecule has 0 radical (unpaired) electrons. The van der Waals surface area contributed by atoms with Crippen LogP contribution in [0.1, 0.15) is 33.6 Å². The molecule has 4 unspecified atom stereocenters.